The largest absolute Gasteiger partial charge is 0.481 e. The summed E-state index contributed by atoms with van der Waals surface area (Å²) in [6.07, 6.45) is 3.36. The summed E-state index contributed by atoms with van der Waals surface area (Å²) in [6.45, 7) is 0.251. The second-order valence-corrected chi connectivity index (χ2v) is 4.75. The Hall–Kier alpha value is -1.56. The molecule has 2 rings (SSSR count). The van der Waals surface area contributed by atoms with Gasteiger partial charge in [0.2, 0.25) is 5.91 Å². The Kier molecular flexibility index (Phi) is 3.63. The summed E-state index contributed by atoms with van der Waals surface area (Å²) in [7, 11) is 0. The first kappa shape index (κ1) is 11.9. The molecule has 1 aromatic rings. The van der Waals surface area contributed by atoms with Gasteiger partial charge in [0.25, 0.3) is 0 Å². The third kappa shape index (κ3) is 2.76. The van der Waals surface area contributed by atoms with Crippen LogP contribution in [0.4, 0.5) is 0 Å². The van der Waals surface area contributed by atoms with Gasteiger partial charge in [-0.3, -0.25) is 14.6 Å². The number of aliphatic carboxylic acids is 1. The molecule has 1 aromatic heterocycles. The van der Waals surface area contributed by atoms with Crippen LogP contribution in [0, 0.1) is 0 Å². The summed E-state index contributed by atoms with van der Waals surface area (Å²) in [5.74, 6) is -0.496. The lowest BCUT2D eigenvalue weighted by Crippen LogP contribution is -2.30. The van der Waals surface area contributed by atoms with E-state index in [-0.39, 0.29) is 24.2 Å². The van der Waals surface area contributed by atoms with Gasteiger partial charge in [-0.1, -0.05) is 6.07 Å². The average molecular weight is 252 g/mol. The van der Waals surface area contributed by atoms with E-state index in [2.05, 4.69) is 4.98 Å². The zero-order valence-electron chi connectivity index (χ0n) is 9.07. The number of pyridine rings is 1. The van der Waals surface area contributed by atoms with Gasteiger partial charge < -0.3 is 10.0 Å². The van der Waals surface area contributed by atoms with Gasteiger partial charge in [-0.25, -0.2) is 0 Å². The quantitative estimate of drug-likeness (QED) is 0.869. The van der Waals surface area contributed by atoms with Crippen molar-refractivity contribution in [3.63, 3.8) is 0 Å². The van der Waals surface area contributed by atoms with E-state index in [0.717, 1.165) is 5.56 Å². The fourth-order valence-electron chi connectivity index (χ4n) is 1.71. The molecule has 1 saturated heterocycles. The zero-order chi connectivity index (χ0) is 12.3. The van der Waals surface area contributed by atoms with Gasteiger partial charge in [-0.15, -0.1) is 11.8 Å². The van der Waals surface area contributed by atoms with Crippen LogP contribution in [0.3, 0.4) is 0 Å². The predicted molar refractivity (Wildman–Crippen MR) is 63.4 cm³/mol. The molecule has 0 spiro atoms. The highest BCUT2D eigenvalue weighted by Gasteiger charge is 2.32. The Morgan fingerprint density at radius 1 is 1.65 bits per heavy atom. The van der Waals surface area contributed by atoms with Gasteiger partial charge in [0, 0.05) is 24.5 Å². The van der Waals surface area contributed by atoms with Crippen LogP contribution in [0.1, 0.15) is 17.4 Å². The summed E-state index contributed by atoms with van der Waals surface area (Å²) in [5.41, 5.74) is 0.939. The topological polar surface area (TPSA) is 70.5 Å². The summed E-state index contributed by atoms with van der Waals surface area (Å²) in [4.78, 5) is 27.8. The summed E-state index contributed by atoms with van der Waals surface area (Å²) >= 11 is 1.51. The van der Waals surface area contributed by atoms with Crippen LogP contribution in [0.15, 0.2) is 24.5 Å². The van der Waals surface area contributed by atoms with E-state index in [4.69, 9.17) is 5.11 Å². The molecular weight excluding hydrogens is 240 g/mol. The molecule has 1 atom stereocenters. The maximum absolute atomic E-state index is 11.7. The van der Waals surface area contributed by atoms with Crippen molar-refractivity contribution in [2.24, 2.45) is 0 Å². The summed E-state index contributed by atoms with van der Waals surface area (Å²) < 4.78 is 0. The normalized spacial score (nSPS) is 19.6. The minimum Gasteiger partial charge on any atom is -0.481 e. The van der Waals surface area contributed by atoms with Crippen LogP contribution in [0.25, 0.3) is 0 Å². The molecule has 0 saturated carbocycles. The van der Waals surface area contributed by atoms with Crippen LogP contribution < -0.4 is 0 Å². The maximum Gasteiger partial charge on any atom is 0.305 e. The van der Waals surface area contributed by atoms with Crippen LogP contribution in [0.2, 0.25) is 0 Å². The molecule has 1 N–H and O–H groups in total. The minimum absolute atomic E-state index is 0.00916. The van der Waals surface area contributed by atoms with Crippen LogP contribution in [-0.4, -0.2) is 39.2 Å². The molecule has 17 heavy (non-hydrogen) atoms. The van der Waals surface area contributed by atoms with Crippen LogP contribution in [0.5, 0.6) is 0 Å². The lowest BCUT2D eigenvalue weighted by atomic mass is 10.2. The van der Waals surface area contributed by atoms with E-state index >= 15 is 0 Å². The van der Waals surface area contributed by atoms with E-state index in [1.807, 2.05) is 12.1 Å². The van der Waals surface area contributed by atoms with E-state index in [0.29, 0.717) is 5.75 Å². The highest BCUT2D eigenvalue weighted by molar-refractivity contribution is 8.00. The first-order valence-corrected chi connectivity index (χ1v) is 6.26. The lowest BCUT2D eigenvalue weighted by molar-refractivity contribution is -0.138. The number of carboxylic acids is 1. The summed E-state index contributed by atoms with van der Waals surface area (Å²) in [5, 5.41) is 8.56. The van der Waals surface area contributed by atoms with Crippen molar-refractivity contribution >= 4 is 23.6 Å². The van der Waals surface area contributed by atoms with Crippen molar-refractivity contribution in [3.8, 4) is 0 Å². The number of carbonyl (C=O) groups is 2. The van der Waals surface area contributed by atoms with Crippen molar-refractivity contribution in [3.05, 3.63) is 30.1 Å². The molecule has 90 valence electrons. The molecule has 0 aromatic carbocycles. The number of carboxylic acid groups (broad SMARTS) is 1. The Labute approximate surface area is 103 Å². The fourth-order valence-corrected chi connectivity index (χ4v) is 2.91. The number of hydrogen-bond acceptors (Lipinski definition) is 4. The van der Waals surface area contributed by atoms with Gasteiger partial charge in [0.1, 0.15) is 5.37 Å². The van der Waals surface area contributed by atoms with Crippen molar-refractivity contribution in [2.75, 3.05) is 12.3 Å². The zero-order valence-corrected chi connectivity index (χ0v) is 9.89. The van der Waals surface area contributed by atoms with E-state index in [9.17, 15) is 9.59 Å². The average Bonchev–Trinajstić information content (AvgIpc) is 2.69. The molecular formula is C11H12N2O3S. The smallest absolute Gasteiger partial charge is 0.305 e. The molecule has 1 fully saturated rings. The Balaban J connectivity index is 2.11. The van der Waals surface area contributed by atoms with E-state index in [1.54, 1.807) is 17.3 Å². The Morgan fingerprint density at radius 3 is 3.12 bits per heavy atom. The van der Waals surface area contributed by atoms with Gasteiger partial charge >= 0.3 is 5.97 Å². The van der Waals surface area contributed by atoms with Crippen molar-refractivity contribution in [2.45, 2.75) is 11.8 Å². The number of amides is 1. The molecule has 5 nitrogen and oxygen atoms in total. The van der Waals surface area contributed by atoms with Gasteiger partial charge in [-0.05, 0) is 6.07 Å². The SMILES string of the molecule is O=C(O)CCN1C(=O)CSC1c1cccnc1. The molecule has 2 heterocycles. The molecule has 0 bridgehead atoms. The molecule has 1 aliphatic rings. The maximum atomic E-state index is 11.7. The predicted octanol–water partition coefficient (Wildman–Crippen LogP) is 1.13. The van der Waals surface area contributed by atoms with Crippen LogP contribution >= 0.6 is 11.8 Å². The first-order chi connectivity index (χ1) is 8.18. The number of nitrogens with zero attached hydrogens (tertiary/aromatic N) is 2. The molecule has 1 aliphatic heterocycles. The minimum atomic E-state index is -0.889. The first-order valence-electron chi connectivity index (χ1n) is 5.21. The number of rotatable bonds is 4. The number of thioether (sulfide) groups is 1. The molecule has 0 radical (unpaired) electrons. The molecule has 1 unspecified atom stereocenters. The van der Waals surface area contributed by atoms with Gasteiger partial charge in [0.05, 0.1) is 12.2 Å². The lowest BCUT2D eigenvalue weighted by Gasteiger charge is -2.23. The Morgan fingerprint density at radius 2 is 2.47 bits per heavy atom. The highest BCUT2D eigenvalue weighted by Crippen LogP contribution is 2.37. The van der Waals surface area contributed by atoms with E-state index < -0.39 is 5.97 Å². The standard InChI is InChI=1S/C11H12N2O3S/c14-9-7-17-11(8-2-1-4-12-6-8)13(9)5-3-10(15)16/h1-2,4,6,11H,3,5,7H2,(H,15,16). The fraction of sp³-hybridized carbons (Fsp3) is 0.364. The van der Waals surface area contributed by atoms with Crippen LogP contribution in [-0.2, 0) is 9.59 Å². The third-order valence-corrected chi connectivity index (χ3v) is 3.76. The second-order valence-electron chi connectivity index (χ2n) is 3.68. The number of hydrogen-bond donors (Lipinski definition) is 1. The summed E-state index contributed by atoms with van der Waals surface area (Å²) in [6, 6.07) is 3.71. The van der Waals surface area contributed by atoms with E-state index in [1.165, 1.54) is 11.8 Å². The third-order valence-electron chi connectivity index (χ3n) is 2.50. The number of aromatic nitrogens is 1. The molecule has 0 aliphatic carbocycles. The monoisotopic (exact) mass is 252 g/mol. The highest BCUT2D eigenvalue weighted by atomic mass is 32.2. The van der Waals surface area contributed by atoms with Gasteiger partial charge in [-0.2, -0.15) is 0 Å². The number of carbonyl (C=O) groups excluding carboxylic acids is 1. The Bertz CT molecular complexity index is 424. The second kappa shape index (κ2) is 5.18. The molecule has 1 amide bonds. The van der Waals surface area contributed by atoms with Crippen molar-refractivity contribution < 1.29 is 14.7 Å². The molecule has 6 heteroatoms. The van der Waals surface area contributed by atoms with Gasteiger partial charge in [0.15, 0.2) is 0 Å². The van der Waals surface area contributed by atoms with Crippen molar-refractivity contribution in [1.29, 1.82) is 0 Å². The van der Waals surface area contributed by atoms with Crippen molar-refractivity contribution in [1.82, 2.24) is 9.88 Å².